The molecule has 1 atom stereocenters. The van der Waals surface area contributed by atoms with E-state index in [0.29, 0.717) is 56.0 Å². The zero-order valence-corrected chi connectivity index (χ0v) is 29.6. The van der Waals surface area contributed by atoms with Gasteiger partial charge in [0.15, 0.2) is 5.65 Å². The average molecular weight is 721 g/mol. The van der Waals surface area contributed by atoms with Gasteiger partial charge in [-0.3, -0.25) is 29.8 Å². The van der Waals surface area contributed by atoms with Crippen LogP contribution in [0.3, 0.4) is 0 Å². The Labute approximate surface area is 299 Å². The largest absolute Gasteiger partial charge is 0.469 e. The van der Waals surface area contributed by atoms with Gasteiger partial charge in [-0.2, -0.15) is 18.2 Å². The molecule has 12 nitrogen and oxygen atoms in total. The first kappa shape index (κ1) is 35.8. The number of esters is 1. The van der Waals surface area contributed by atoms with Crippen LogP contribution < -0.4 is 10.2 Å². The second kappa shape index (κ2) is 14.4. The van der Waals surface area contributed by atoms with Gasteiger partial charge in [-0.15, -0.1) is 0 Å². The number of ether oxygens (including phenoxy) is 2. The average Bonchev–Trinajstić information content (AvgIpc) is 3.46. The highest BCUT2D eigenvalue weighted by atomic mass is 19.4. The maximum Gasteiger partial charge on any atom is 0.418 e. The molecular formula is C37H43F3N8O4. The van der Waals surface area contributed by atoms with Gasteiger partial charge in [0.25, 0.3) is 5.91 Å². The Morgan fingerprint density at radius 3 is 2.54 bits per heavy atom. The number of halogens is 3. The van der Waals surface area contributed by atoms with Crippen molar-refractivity contribution in [3.63, 3.8) is 0 Å². The molecule has 15 heteroatoms. The Morgan fingerprint density at radius 2 is 1.87 bits per heavy atom. The zero-order valence-electron chi connectivity index (χ0n) is 29.6. The van der Waals surface area contributed by atoms with Crippen LogP contribution in [0, 0.1) is 11.3 Å². The number of carbonyl (C=O) groups excluding carboxylic acids is 2. The molecule has 1 aliphatic heterocycles. The van der Waals surface area contributed by atoms with E-state index >= 15 is 0 Å². The molecule has 3 fully saturated rings. The molecule has 52 heavy (non-hydrogen) atoms. The minimum atomic E-state index is -4.56. The first-order valence-corrected chi connectivity index (χ1v) is 17.7. The Hall–Kier alpha value is -4.63. The number of hydrogen-bond acceptors (Lipinski definition) is 10. The number of amides is 1. The highest BCUT2D eigenvalue weighted by molar-refractivity contribution is 6.03. The maximum atomic E-state index is 14.2. The molecule has 5 heterocycles. The lowest BCUT2D eigenvalue weighted by Crippen LogP contribution is -2.37. The molecule has 276 valence electrons. The number of methoxy groups -OCH3 is 2. The molecule has 2 aliphatic carbocycles. The Morgan fingerprint density at radius 1 is 1.08 bits per heavy atom. The van der Waals surface area contributed by atoms with Crippen LogP contribution in [-0.2, 0) is 27.0 Å². The molecular weight excluding hydrogens is 677 g/mol. The quantitative estimate of drug-likeness (QED) is 0.163. The van der Waals surface area contributed by atoms with Gasteiger partial charge in [-0.25, -0.2) is 4.98 Å². The number of imidazole rings is 1. The number of aromatic amines is 1. The zero-order chi connectivity index (χ0) is 36.6. The standard InChI is InChI=1S/C37H43F3N8O4/c1-47(20-36(21-51-2)11-4-5-12-36)29-15-28(25-14-26(37(38,39)40)30(42-17-25)23-7-8-23)43-32-31(29)44-35(45-32)46-33(49)27-9-6-22(16-41-27)18-48-13-10-24(19-48)34(50)52-3/h6,9,14-17,23-24H,4-5,7-8,10-13,18-21H2,1-3H3,(H2,43,44,45,46,49)/t24-/m1/s1. The number of carbonyl (C=O) groups is 2. The summed E-state index contributed by atoms with van der Waals surface area (Å²) >= 11 is 0. The van der Waals surface area contributed by atoms with Gasteiger partial charge in [0, 0.05) is 63.1 Å². The van der Waals surface area contributed by atoms with Crippen molar-refractivity contribution < 1.29 is 32.2 Å². The number of rotatable bonds is 12. The predicted molar refractivity (Wildman–Crippen MR) is 188 cm³/mol. The molecule has 0 unspecified atom stereocenters. The monoisotopic (exact) mass is 720 g/mol. The Balaban J connectivity index is 1.16. The van der Waals surface area contributed by atoms with Crippen LogP contribution >= 0.6 is 0 Å². The van der Waals surface area contributed by atoms with Gasteiger partial charge in [-0.1, -0.05) is 18.9 Å². The highest BCUT2D eigenvalue weighted by Crippen LogP contribution is 2.46. The molecule has 7 rings (SSSR count). The summed E-state index contributed by atoms with van der Waals surface area (Å²) < 4.78 is 53.1. The third-order valence-corrected chi connectivity index (χ3v) is 10.5. The number of nitrogens with one attached hydrogen (secondary N) is 2. The maximum absolute atomic E-state index is 14.2. The fraction of sp³-hybridized carbons (Fsp3) is 0.514. The van der Waals surface area contributed by atoms with Crippen LogP contribution in [-0.4, -0.2) is 89.2 Å². The number of pyridine rings is 3. The van der Waals surface area contributed by atoms with Gasteiger partial charge >= 0.3 is 12.1 Å². The van der Waals surface area contributed by atoms with Crippen molar-refractivity contribution in [1.29, 1.82) is 0 Å². The van der Waals surface area contributed by atoms with Crippen molar-refractivity contribution in [2.24, 2.45) is 11.3 Å². The second-order valence-electron chi connectivity index (χ2n) is 14.5. The highest BCUT2D eigenvalue weighted by Gasteiger charge is 2.40. The van der Waals surface area contributed by atoms with E-state index in [2.05, 4.69) is 40.0 Å². The van der Waals surface area contributed by atoms with Crippen molar-refractivity contribution in [2.45, 2.75) is 63.6 Å². The van der Waals surface area contributed by atoms with Crippen LogP contribution in [0.15, 0.2) is 36.7 Å². The van der Waals surface area contributed by atoms with Gasteiger partial charge in [-0.05, 0) is 62.4 Å². The summed E-state index contributed by atoms with van der Waals surface area (Å²) in [6, 6.07) is 6.34. The number of alkyl halides is 3. The first-order valence-electron chi connectivity index (χ1n) is 17.7. The molecule has 4 aromatic heterocycles. The third kappa shape index (κ3) is 7.61. The molecule has 0 aromatic carbocycles. The smallest absolute Gasteiger partial charge is 0.418 e. The summed E-state index contributed by atoms with van der Waals surface area (Å²) in [5, 5.41) is 2.78. The van der Waals surface area contributed by atoms with Crippen LogP contribution in [0.25, 0.3) is 22.4 Å². The fourth-order valence-electron chi connectivity index (χ4n) is 7.79. The summed E-state index contributed by atoms with van der Waals surface area (Å²) in [6.07, 6.45) is 4.83. The molecule has 0 spiro atoms. The minimum Gasteiger partial charge on any atom is -0.469 e. The van der Waals surface area contributed by atoms with E-state index in [4.69, 9.17) is 9.47 Å². The van der Waals surface area contributed by atoms with Gasteiger partial charge in [0.2, 0.25) is 5.95 Å². The summed E-state index contributed by atoms with van der Waals surface area (Å²) in [6.45, 7) is 3.18. The molecule has 2 N–H and O–H groups in total. The topological polar surface area (TPSA) is 138 Å². The second-order valence-corrected chi connectivity index (χ2v) is 14.5. The lowest BCUT2D eigenvalue weighted by atomic mass is 9.86. The van der Waals surface area contributed by atoms with E-state index in [1.165, 1.54) is 13.3 Å². The van der Waals surface area contributed by atoms with Gasteiger partial charge in [0.1, 0.15) is 11.2 Å². The third-order valence-electron chi connectivity index (χ3n) is 10.5. The lowest BCUT2D eigenvalue weighted by Gasteiger charge is -2.34. The van der Waals surface area contributed by atoms with Crippen LogP contribution in [0.2, 0.25) is 0 Å². The van der Waals surface area contributed by atoms with Crippen molar-refractivity contribution >= 4 is 34.7 Å². The number of hydrogen-bond donors (Lipinski definition) is 2. The van der Waals surface area contributed by atoms with Gasteiger partial charge in [0.05, 0.1) is 42.3 Å². The van der Waals surface area contributed by atoms with Gasteiger partial charge < -0.3 is 19.4 Å². The van der Waals surface area contributed by atoms with Crippen molar-refractivity contribution in [3.05, 3.63) is 59.2 Å². The van der Waals surface area contributed by atoms with E-state index in [1.807, 2.05) is 13.1 Å². The summed E-state index contributed by atoms with van der Waals surface area (Å²) in [7, 11) is 5.03. The molecule has 0 bridgehead atoms. The Kier molecular flexibility index (Phi) is 9.91. The van der Waals surface area contributed by atoms with E-state index in [1.54, 1.807) is 25.4 Å². The number of H-pyrrole nitrogens is 1. The Bertz CT molecular complexity index is 1940. The summed E-state index contributed by atoms with van der Waals surface area (Å²) in [5.74, 6) is -0.898. The molecule has 0 radical (unpaired) electrons. The number of aromatic nitrogens is 5. The van der Waals surface area contributed by atoms with Crippen LogP contribution in [0.4, 0.5) is 24.8 Å². The van der Waals surface area contributed by atoms with Crippen molar-refractivity contribution in [2.75, 3.05) is 57.7 Å². The molecule has 1 amide bonds. The predicted octanol–water partition coefficient (Wildman–Crippen LogP) is 6.20. The lowest BCUT2D eigenvalue weighted by molar-refractivity contribution is -0.145. The van der Waals surface area contributed by atoms with E-state index in [0.717, 1.165) is 50.3 Å². The minimum absolute atomic E-state index is 0.0760. The molecule has 1 saturated heterocycles. The van der Waals surface area contributed by atoms with Crippen molar-refractivity contribution in [3.8, 4) is 11.3 Å². The number of likely N-dealkylation sites (tertiary alicyclic amines) is 1. The van der Waals surface area contributed by atoms with Crippen molar-refractivity contribution in [1.82, 2.24) is 29.8 Å². The molecule has 3 aliphatic rings. The van der Waals surface area contributed by atoms with E-state index in [-0.39, 0.29) is 51.8 Å². The fourth-order valence-corrected chi connectivity index (χ4v) is 7.79. The number of anilines is 2. The molecule has 4 aromatic rings. The summed E-state index contributed by atoms with van der Waals surface area (Å²) in [4.78, 5) is 50.5. The van der Waals surface area contributed by atoms with E-state index in [9.17, 15) is 22.8 Å². The summed E-state index contributed by atoms with van der Waals surface area (Å²) in [5.41, 5.74) is 2.29. The first-order chi connectivity index (χ1) is 24.9. The SMILES string of the molecule is COCC1(CN(C)c2cc(-c3cnc(C4CC4)c(C(F)(F)F)c3)nc3nc(NC(=O)c4ccc(CN5CC[C@@H](C(=O)OC)C5)cn4)[nH]c23)CCCC1. The number of nitrogens with zero attached hydrogens (tertiary/aromatic N) is 6. The van der Waals surface area contributed by atoms with Crippen LogP contribution in [0.1, 0.15) is 78.2 Å². The number of fused-ring (bicyclic) bond motifs is 1. The molecule has 2 saturated carbocycles. The normalized spacial score (nSPS) is 18.9. The van der Waals surface area contributed by atoms with E-state index < -0.39 is 17.6 Å². The van der Waals surface area contributed by atoms with Crippen LogP contribution in [0.5, 0.6) is 0 Å².